The number of aryl methyl sites for hydroxylation is 1. The van der Waals surface area contributed by atoms with Crippen molar-refractivity contribution in [3.63, 3.8) is 0 Å². The Morgan fingerprint density at radius 2 is 1.77 bits per heavy atom. The van der Waals surface area contributed by atoms with Gasteiger partial charge in [-0.1, -0.05) is 35.9 Å². The van der Waals surface area contributed by atoms with E-state index in [0.717, 1.165) is 16.9 Å². The van der Waals surface area contributed by atoms with Crippen LogP contribution in [0.1, 0.15) is 16.7 Å². The molecule has 0 fully saturated rings. The number of carbonyl (C=O) groups excluding carboxylic acids is 2. The third-order valence-corrected chi connectivity index (χ3v) is 3.40. The summed E-state index contributed by atoms with van der Waals surface area (Å²) in [6, 6.07) is 15.4. The van der Waals surface area contributed by atoms with Crippen molar-refractivity contribution in [3.8, 4) is 5.75 Å². The van der Waals surface area contributed by atoms with E-state index in [2.05, 4.69) is 22.4 Å². The lowest BCUT2D eigenvalue weighted by atomic mass is 10.2. The van der Waals surface area contributed by atoms with Crippen LogP contribution < -0.4 is 15.5 Å². The summed E-state index contributed by atoms with van der Waals surface area (Å²) in [5.74, 6) is -0.862. The van der Waals surface area contributed by atoms with Crippen molar-refractivity contribution in [3.05, 3.63) is 77.9 Å². The molecule has 2 aromatic carbocycles. The quantitative estimate of drug-likeness (QED) is 0.348. The van der Waals surface area contributed by atoms with Crippen molar-refractivity contribution in [1.82, 2.24) is 10.7 Å². The Kier molecular flexibility index (Phi) is 7.12. The summed E-state index contributed by atoms with van der Waals surface area (Å²) in [5, 5.41) is 6.11. The van der Waals surface area contributed by atoms with E-state index in [1.54, 1.807) is 12.1 Å². The Morgan fingerprint density at radius 1 is 1.08 bits per heavy atom. The summed E-state index contributed by atoms with van der Waals surface area (Å²) in [7, 11) is 0. The highest BCUT2D eigenvalue weighted by Gasteiger charge is 2.10. The molecule has 2 amide bonds. The smallest absolute Gasteiger partial charge is 0.329 e. The van der Waals surface area contributed by atoms with Crippen LogP contribution in [0.15, 0.2) is 66.3 Å². The number of ether oxygens (including phenoxy) is 1. The number of rotatable bonds is 7. The van der Waals surface area contributed by atoms with E-state index in [-0.39, 0.29) is 6.54 Å². The fourth-order valence-corrected chi connectivity index (χ4v) is 1.96. The highest BCUT2D eigenvalue weighted by atomic mass is 16.5. The highest BCUT2D eigenvalue weighted by Crippen LogP contribution is 2.14. The summed E-state index contributed by atoms with van der Waals surface area (Å²) in [6.45, 7) is 6.20. The molecule has 6 heteroatoms. The number of carbonyl (C=O) groups is 2. The van der Waals surface area contributed by atoms with Crippen molar-refractivity contribution in [2.24, 2.45) is 5.10 Å². The first-order valence-corrected chi connectivity index (χ1v) is 8.09. The molecule has 2 rings (SSSR count). The number of amides is 2. The Labute approximate surface area is 152 Å². The average Bonchev–Trinajstić information content (AvgIpc) is 2.66. The van der Waals surface area contributed by atoms with Gasteiger partial charge < -0.3 is 10.1 Å². The first kappa shape index (κ1) is 18.9. The molecule has 0 aliphatic carbocycles. The largest absolute Gasteiger partial charge is 0.489 e. The molecule has 0 saturated carbocycles. The van der Waals surface area contributed by atoms with Gasteiger partial charge >= 0.3 is 11.8 Å². The predicted molar refractivity (Wildman–Crippen MR) is 101 cm³/mol. The Morgan fingerprint density at radius 3 is 2.42 bits per heavy atom. The minimum absolute atomic E-state index is 0.222. The van der Waals surface area contributed by atoms with Gasteiger partial charge in [-0.05, 0) is 42.3 Å². The maximum atomic E-state index is 11.4. The molecule has 26 heavy (non-hydrogen) atoms. The normalized spacial score (nSPS) is 10.3. The number of hydrogen-bond acceptors (Lipinski definition) is 4. The molecule has 0 heterocycles. The zero-order valence-corrected chi connectivity index (χ0v) is 14.6. The van der Waals surface area contributed by atoms with E-state index in [1.165, 1.54) is 17.9 Å². The van der Waals surface area contributed by atoms with Crippen molar-refractivity contribution < 1.29 is 14.3 Å². The first-order valence-electron chi connectivity index (χ1n) is 8.09. The van der Waals surface area contributed by atoms with Gasteiger partial charge in [0, 0.05) is 6.54 Å². The van der Waals surface area contributed by atoms with Crippen LogP contribution in [-0.4, -0.2) is 24.6 Å². The monoisotopic (exact) mass is 351 g/mol. The van der Waals surface area contributed by atoms with Crippen molar-refractivity contribution in [2.45, 2.75) is 13.5 Å². The molecule has 6 nitrogen and oxygen atoms in total. The van der Waals surface area contributed by atoms with E-state index < -0.39 is 11.8 Å². The van der Waals surface area contributed by atoms with Gasteiger partial charge in [0.05, 0.1) is 6.21 Å². The van der Waals surface area contributed by atoms with Gasteiger partial charge in [0.1, 0.15) is 12.4 Å². The molecule has 134 valence electrons. The fourth-order valence-electron chi connectivity index (χ4n) is 1.96. The maximum Gasteiger partial charge on any atom is 0.329 e. The third-order valence-electron chi connectivity index (χ3n) is 3.40. The number of hydrazone groups is 1. The van der Waals surface area contributed by atoms with Gasteiger partial charge in [-0.3, -0.25) is 9.59 Å². The number of nitrogens with zero attached hydrogens (tertiary/aromatic N) is 1. The van der Waals surface area contributed by atoms with Crippen LogP contribution in [0, 0.1) is 6.92 Å². The van der Waals surface area contributed by atoms with Crippen LogP contribution >= 0.6 is 0 Å². The second-order valence-corrected chi connectivity index (χ2v) is 5.54. The zero-order chi connectivity index (χ0) is 18.8. The van der Waals surface area contributed by atoms with E-state index in [0.29, 0.717) is 6.61 Å². The van der Waals surface area contributed by atoms with E-state index in [1.807, 2.05) is 43.3 Å². The summed E-state index contributed by atoms with van der Waals surface area (Å²) < 4.78 is 5.72. The molecule has 0 atom stereocenters. The summed E-state index contributed by atoms with van der Waals surface area (Å²) in [4.78, 5) is 22.8. The number of nitrogens with one attached hydrogen (secondary N) is 2. The van der Waals surface area contributed by atoms with Gasteiger partial charge in [-0.2, -0.15) is 5.10 Å². The van der Waals surface area contributed by atoms with E-state index in [4.69, 9.17) is 4.74 Å². The van der Waals surface area contributed by atoms with Crippen molar-refractivity contribution in [1.29, 1.82) is 0 Å². The molecule has 0 aromatic heterocycles. The van der Waals surface area contributed by atoms with Gasteiger partial charge in [-0.25, -0.2) is 5.43 Å². The second kappa shape index (κ2) is 9.78. The topological polar surface area (TPSA) is 79.8 Å². The molecule has 2 aromatic rings. The SMILES string of the molecule is C=CCNC(=O)C(=O)NN=Cc1ccc(OCc2ccc(C)cc2)cc1. The van der Waals surface area contributed by atoms with Gasteiger partial charge in [-0.15, -0.1) is 6.58 Å². The third kappa shape index (κ3) is 6.24. The summed E-state index contributed by atoms with van der Waals surface area (Å²) >= 11 is 0. The maximum absolute atomic E-state index is 11.4. The van der Waals surface area contributed by atoms with Crippen LogP contribution in [0.2, 0.25) is 0 Å². The van der Waals surface area contributed by atoms with Crippen LogP contribution in [0.4, 0.5) is 0 Å². The molecule has 0 saturated heterocycles. The number of benzene rings is 2. The molecular formula is C20H21N3O3. The fraction of sp³-hybridized carbons (Fsp3) is 0.150. The standard InChI is InChI=1S/C20H21N3O3/c1-3-12-21-19(24)20(25)23-22-13-16-8-10-18(11-9-16)26-14-17-6-4-15(2)5-7-17/h3-11,13H,1,12,14H2,2H3,(H,21,24)(H,23,25). The molecule has 0 spiro atoms. The zero-order valence-electron chi connectivity index (χ0n) is 14.6. The second-order valence-electron chi connectivity index (χ2n) is 5.54. The van der Waals surface area contributed by atoms with Gasteiger partial charge in [0.15, 0.2) is 0 Å². The minimum atomic E-state index is -0.832. The van der Waals surface area contributed by atoms with Gasteiger partial charge in [0.25, 0.3) is 0 Å². The molecule has 0 aliphatic heterocycles. The van der Waals surface area contributed by atoms with Crippen molar-refractivity contribution >= 4 is 18.0 Å². The summed E-state index contributed by atoms with van der Waals surface area (Å²) in [6.07, 6.45) is 2.93. The van der Waals surface area contributed by atoms with E-state index in [9.17, 15) is 9.59 Å². The highest BCUT2D eigenvalue weighted by molar-refractivity contribution is 6.35. The molecule has 0 unspecified atom stereocenters. The Bertz CT molecular complexity index is 781. The van der Waals surface area contributed by atoms with Crippen molar-refractivity contribution in [2.75, 3.05) is 6.54 Å². The minimum Gasteiger partial charge on any atom is -0.489 e. The molecule has 2 N–H and O–H groups in total. The number of hydrogen-bond donors (Lipinski definition) is 2. The van der Waals surface area contributed by atoms with Crippen LogP contribution in [0.5, 0.6) is 5.75 Å². The Balaban J connectivity index is 1.81. The predicted octanol–water partition coefficient (Wildman–Crippen LogP) is 2.33. The van der Waals surface area contributed by atoms with Crippen LogP contribution in [0.25, 0.3) is 0 Å². The van der Waals surface area contributed by atoms with E-state index >= 15 is 0 Å². The molecule has 0 radical (unpaired) electrons. The van der Waals surface area contributed by atoms with Crippen LogP contribution in [-0.2, 0) is 16.2 Å². The lowest BCUT2D eigenvalue weighted by molar-refractivity contribution is -0.139. The van der Waals surface area contributed by atoms with Crippen LogP contribution in [0.3, 0.4) is 0 Å². The molecule has 0 aliphatic rings. The Hall–Kier alpha value is -3.41. The molecular weight excluding hydrogens is 330 g/mol. The van der Waals surface area contributed by atoms with Gasteiger partial charge in [0.2, 0.25) is 0 Å². The molecule has 0 bridgehead atoms. The lowest BCUT2D eigenvalue weighted by Crippen LogP contribution is -2.37. The summed E-state index contributed by atoms with van der Waals surface area (Å²) in [5.41, 5.74) is 5.23. The lowest BCUT2D eigenvalue weighted by Gasteiger charge is -2.06. The first-order chi connectivity index (χ1) is 12.6. The average molecular weight is 351 g/mol.